The number of benzene rings is 3. The van der Waals surface area contributed by atoms with Gasteiger partial charge in [-0.3, -0.25) is 9.59 Å². The maximum absolute atomic E-state index is 15.4. The lowest BCUT2D eigenvalue weighted by atomic mass is 9.91. The van der Waals surface area contributed by atoms with Crippen molar-refractivity contribution in [2.24, 2.45) is 5.10 Å². The van der Waals surface area contributed by atoms with E-state index in [4.69, 9.17) is 11.6 Å². The van der Waals surface area contributed by atoms with Crippen molar-refractivity contribution in [2.75, 3.05) is 0 Å². The lowest BCUT2D eigenvalue weighted by Gasteiger charge is -2.26. The topological polar surface area (TPSA) is 78.4 Å². The summed E-state index contributed by atoms with van der Waals surface area (Å²) in [5.41, 5.74) is 5.13. The van der Waals surface area contributed by atoms with Crippen molar-refractivity contribution in [2.45, 2.75) is 31.7 Å². The number of aryl methyl sites for hydroxylation is 1. The van der Waals surface area contributed by atoms with Crippen LogP contribution >= 0.6 is 22.9 Å². The van der Waals surface area contributed by atoms with Crippen molar-refractivity contribution >= 4 is 45.5 Å². The molecule has 0 spiro atoms. The van der Waals surface area contributed by atoms with E-state index in [2.05, 4.69) is 15.1 Å². The lowest BCUT2D eigenvalue weighted by Crippen LogP contribution is -2.42. The van der Waals surface area contributed by atoms with E-state index in [0.29, 0.717) is 27.2 Å². The van der Waals surface area contributed by atoms with Crippen LogP contribution in [0.3, 0.4) is 0 Å². The molecule has 0 bridgehead atoms. The fourth-order valence-electron chi connectivity index (χ4n) is 5.13. The van der Waals surface area contributed by atoms with Crippen LogP contribution in [-0.4, -0.2) is 32.5 Å². The fraction of sp³-hybridized carbons (Fsp3) is 0.161. The van der Waals surface area contributed by atoms with Gasteiger partial charge in [0.2, 0.25) is 0 Å². The second-order valence-corrected chi connectivity index (χ2v) is 11.1. The Morgan fingerprint density at radius 3 is 2.51 bits per heavy atom. The highest BCUT2D eigenvalue weighted by molar-refractivity contribution is 7.07. The van der Waals surface area contributed by atoms with Crippen molar-refractivity contribution in [1.29, 1.82) is 0 Å². The molecule has 1 aliphatic rings. The summed E-state index contributed by atoms with van der Waals surface area (Å²) in [5.74, 6) is -5.21. The highest BCUT2D eigenvalue weighted by Gasteiger charge is 2.48. The number of rotatable bonds is 6. The van der Waals surface area contributed by atoms with Crippen LogP contribution in [-0.2, 0) is 11.2 Å². The standard InChI is InChI=1S/C31H23ClF2N4O2S/c1-18-6-8-19(9-7-18)26-14-25(37-38(26)30(40)31(33,34)15-22-16-41-17-35-22)28-27(20-10-12-21(32)13-11-20)23-4-2-3-5-24(23)36-29(28)39/h2-13,16-17,26H,14-15H2,1H3,(H,36,39). The molecule has 206 valence electrons. The molecule has 0 fully saturated rings. The largest absolute Gasteiger partial charge is 0.332 e. The number of amides is 1. The highest BCUT2D eigenvalue weighted by atomic mass is 35.5. The van der Waals surface area contributed by atoms with Crippen LogP contribution in [0.15, 0.2) is 93.6 Å². The Bertz CT molecular complexity index is 1840. The van der Waals surface area contributed by atoms with Crippen molar-refractivity contribution in [1.82, 2.24) is 15.0 Å². The number of H-pyrrole nitrogens is 1. The molecule has 5 aromatic rings. The van der Waals surface area contributed by atoms with Crippen molar-refractivity contribution in [3.63, 3.8) is 0 Å². The average molecular weight is 589 g/mol. The van der Waals surface area contributed by atoms with Crippen LogP contribution in [0, 0.1) is 6.92 Å². The van der Waals surface area contributed by atoms with Crippen LogP contribution in [0.2, 0.25) is 5.02 Å². The van der Waals surface area contributed by atoms with Crippen LogP contribution in [0.4, 0.5) is 8.78 Å². The third-order valence-corrected chi connectivity index (χ3v) is 8.01. The number of para-hydroxylation sites is 1. The number of hydrazone groups is 1. The molecule has 41 heavy (non-hydrogen) atoms. The van der Waals surface area contributed by atoms with Crippen molar-refractivity contribution < 1.29 is 13.6 Å². The summed E-state index contributed by atoms with van der Waals surface area (Å²) < 4.78 is 30.8. The Kier molecular flexibility index (Phi) is 7.01. The number of thiazole rings is 1. The van der Waals surface area contributed by atoms with Crippen LogP contribution in [0.25, 0.3) is 22.0 Å². The molecule has 1 unspecified atom stereocenters. The number of hydrogen-bond donors (Lipinski definition) is 1. The summed E-state index contributed by atoms with van der Waals surface area (Å²) in [6, 6.07) is 20.8. The zero-order valence-electron chi connectivity index (χ0n) is 21.8. The Morgan fingerprint density at radius 2 is 1.80 bits per heavy atom. The van der Waals surface area contributed by atoms with E-state index in [-0.39, 0.29) is 23.4 Å². The van der Waals surface area contributed by atoms with Gasteiger partial charge >= 0.3 is 11.8 Å². The summed E-state index contributed by atoms with van der Waals surface area (Å²) in [4.78, 5) is 33.9. The normalized spacial score (nSPS) is 15.4. The number of halogens is 3. The second kappa shape index (κ2) is 10.6. The van der Waals surface area contributed by atoms with E-state index < -0.39 is 29.9 Å². The van der Waals surface area contributed by atoms with E-state index in [1.165, 1.54) is 22.2 Å². The predicted molar refractivity (Wildman–Crippen MR) is 158 cm³/mol. The molecule has 3 heterocycles. The summed E-state index contributed by atoms with van der Waals surface area (Å²) in [6.45, 7) is 1.91. The zero-order chi connectivity index (χ0) is 28.7. The molecule has 1 N–H and O–H groups in total. The molecule has 3 aromatic carbocycles. The monoisotopic (exact) mass is 588 g/mol. The molecule has 6 rings (SSSR count). The minimum absolute atomic E-state index is 0.0730. The number of nitrogens with one attached hydrogen (secondary N) is 1. The molecule has 1 aliphatic heterocycles. The number of carbonyl (C=O) groups is 1. The Balaban J connectivity index is 1.52. The Labute approximate surface area is 242 Å². The quantitative estimate of drug-likeness (QED) is 0.228. The fourth-order valence-corrected chi connectivity index (χ4v) is 5.81. The number of aromatic nitrogens is 2. The molecular weight excluding hydrogens is 566 g/mol. The van der Waals surface area contributed by atoms with Gasteiger partial charge in [0.05, 0.1) is 34.9 Å². The van der Waals surface area contributed by atoms with Gasteiger partial charge in [-0.1, -0.05) is 71.8 Å². The predicted octanol–water partition coefficient (Wildman–Crippen LogP) is 7.17. The van der Waals surface area contributed by atoms with E-state index in [1.807, 2.05) is 37.3 Å². The van der Waals surface area contributed by atoms with Crippen LogP contribution < -0.4 is 5.56 Å². The third-order valence-electron chi connectivity index (χ3n) is 7.12. The van der Waals surface area contributed by atoms with Gasteiger partial charge in [0.1, 0.15) is 0 Å². The van der Waals surface area contributed by atoms with E-state index in [1.54, 1.807) is 42.5 Å². The average Bonchev–Trinajstić information content (AvgIpc) is 3.63. The molecule has 0 saturated carbocycles. The molecule has 6 nitrogen and oxygen atoms in total. The summed E-state index contributed by atoms with van der Waals surface area (Å²) in [7, 11) is 0. The number of carbonyl (C=O) groups excluding carboxylic acids is 1. The number of pyridine rings is 1. The Morgan fingerprint density at radius 1 is 1.07 bits per heavy atom. The van der Waals surface area contributed by atoms with Gasteiger partial charge in [-0.2, -0.15) is 13.9 Å². The van der Waals surface area contributed by atoms with E-state index in [9.17, 15) is 9.59 Å². The first-order valence-corrected chi connectivity index (χ1v) is 14.2. The number of fused-ring (bicyclic) bond motifs is 1. The smallest absolute Gasteiger partial charge is 0.321 e. The first-order chi connectivity index (χ1) is 19.7. The van der Waals surface area contributed by atoms with Crippen LogP contribution in [0.1, 0.15) is 34.8 Å². The van der Waals surface area contributed by atoms with Gasteiger partial charge in [-0.05, 0) is 36.2 Å². The molecule has 0 saturated heterocycles. The van der Waals surface area contributed by atoms with Gasteiger partial charge in [-0.15, -0.1) is 11.3 Å². The Hall–Kier alpha value is -4.21. The molecular formula is C31H23ClF2N4O2S. The van der Waals surface area contributed by atoms with Crippen LogP contribution in [0.5, 0.6) is 0 Å². The number of aromatic amines is 1. The maximum atomic E-state index is 15.4. The van der Waals surface area contributed by atoms with E-state index >= 15 is 8.78 Å². The molecule has 2 aromatic heterocycles. The molecule has 1 amide bonds. The molecule has 0 aliphatic carbocycles. The summed E-state index contributed by atoms with van der Waals surface area (Å²) in [6.07, 6.45) is -0.770. The van der Waals surface area contributed by atoms with Gasteiger partial charge < -0.3 is 4.98 Å². The van der Waals surface area contributed by atoms with Gasteiger partial charge in [-0.25, -0.2) is 9.99 Å². The molecule has 1 atom stereocenters. The first-order valence-electron chi connectivity index (χ1n) is 12.9. The molecule has 0 radical (unpaired) electrons. The number of alkyl halides is 2. The van der Waals surface area contributed by atoms with Crippen molar-refractivity contribution in [3.8, 4) is 11.1 Å². The van der Waals surface area contributed by atoms with Gasteiger partial charge in [0.25, 0.3) is 5.56 Å². The van der Waals surface area contributed by atoms with E-state index in [0.717, 1.165) is 16.0 Å². The zero-order valence-corrected chi connectivity index (χ0v) is 23.3. The number of nitrogens with zero attached hydrogens (tertiary/aromatic N) is 3. The highest BCUT2D eigenvalue weighted by Crippen LogP contribution is 2.39. The molecule has 10 heteroatoms. The van der Waals surface area contributed by atoms with Gasteiger partial charge in [0.15, 0.2) is 0 Å². The first kappa shape index (κ1) is 27.0. The summed E-state index contributed by atoms with van der Waals surface area (Å²) in [5, 5.41) is 8.07. The summed E-state index contributed by atoms with van der Waals surface area (Å²) >= 11 is 7.33. The minimum atomic E-state index is -3.76. The number of hydrogen-bond acceptors (Lipinski definition) is 5. The second-order valence-electron chi connectivity index (χ2n) is 9.94. The maximum Gasteiger partial charge on any atom is 0.332 e. The third kappa shape index (κ3) is 5.18. The van der Waals surface area contributed by atoms with Crippen molar-refractivity contribution in [3.05, 3.63) is 121 Å². The van der Waals surface area contributed by atoms with Gasteiger partial charge in [0, 0.05) is 33.3 Å². The lowest BCUT2D eigenvalue weighted by molar-refractivity contribution is -0.159. The SMILES string of the molecule is Cc1ccc(C2CC(c3c(-c4ccc(Cl)cc4)c4ccccc4[nH]c3=O)=NN2C(=O)C(F)(F)Cc2cscn2)cc1. The minimum Gasteiger partial charge on any atom is -0.321 e.